The summed E-state index contributed by atoms with van der Waals surface area (Å²) in [5.41, 5.74) is 0.567. The van der Waals surface area contributed by atoms with Crippen LogP contribution in [0.15, 0.2) is 24.3 Å². The Morgan fingerprint density at radius 1 is 1.32 bits per heavy atom. The summed E-state index contributed by atoms with van der Waals surface area (Å²) in [6, 6.07) is 5.25. The van der Waals surface area contributed by atoms with E-state index in [9.17, 15) is 9.59 Å². The molecule has 102 valence electrons. The van der Waals surface area contributed by atoms with Crippen LogP contribution in [0.1, 0.15) is 19.3 Å². The number of nitrogens with one attached hydrogen (secondary N) is 2. The third-order valence-corrected chi connectivity index (χ3v) is 3.22. The highest BCUT2D eigenvalue weighted by atomic mass is 35.5. The summed E-state index contributed by atoms with van der Waals surface area (Å²) >= 11 is 5.73. The van der Waals surface area contributed by atoms with Crippen molar-refractivity contribution < 1.29 is 14.7 Å². The molecule has 0 spiro atoms. The summed E-state index contributed by atoms with van der Waals surface area (Å²) in [5.74, 6) is -0.574. The van der Waals surface area contributed by atoms with Crippen LogP contribution < -0.4 is 10.6 Å². The quantitative estimate of drug-likeness (QED) is 0.777. The SMILES string of the molecule is O=C(Nc1ccc(Cl)cc1)NC(CC1CC1)C(=O)O. The van der Waals surface area contributed by atoms with Gasteiger partial charge in [0.2, 0.25) is 0 Å². The van der Waals surface area contributed by atoms with Gasteiger partial charge in [0.1, 0.15) is 6.04 Å². The van der Waals surface area contributed by atoms with Crippen molar-refractivity contribution in [2.45, 2.75) is 25.3 Å². The zero-order valence-electron chi connectivity index (χ0n) is 10.2. The van der Waals surface area contributed by atoms with Crippen LogP contribution in [0, 0.1) is 5.92 Å². The molecule has 1 unspecified atom stereocenters. The third kappa shape index (κ3) is 4.44. The van der Waals surface area contributed by atoms with E-state index in [4.69, 9.17) is 16.7 Å². The predicted octanol–water partition coefficient (Wildman–Crippen LogP) is 2.71. The first-order valence-electron chi connectivity index (χ1n) is 6.10. The first-order valence-corrected chi connectivity index (χ1v) is 6.48. The van der Waals surface area contributed by atoms with Crippen LogP contribution in [0.5, 0.6) is 0 Å². The highest BCUT2D eigenvalue weighted by Crippen LogP contribution is 2.33. The molecule has 3 N–H and O–H groups in total. The summed E-state index contributed by atoms with van der Waals surface area (Å²) < 4.78 is 0. The monoisotopic (exact) mass is 282 g/mol. The lowest BCUT2D eigenvalue weighted by Gasteiger charge is -2.14. The number of carbonyl (C=O) groups excluding carboxylic acids is 1. The van der Waals surface area contributed by atoms with E-state index < -0.39 is 18.0 Å². The predicted molar refractivity (Wildman–Crippen MR) is 72.4 cm³/mol. The molecule has 1 aromatic carbocycles. The minimum Gasteiger partial charge on any atom is -0.480 e. The maximum absolute atomic E-state index is 11.7. The summed E-state index contributed by atoms with van der Waals surface area (Å²) in [4.78, 5) is 22.7. The van der Waals surface area contributed by atoms with Gasteiger partial charge in [-0.2, -0.15) is 0 Å². The lowest BCUT2D eigenvalue weighted by molar-refractivity contribution is -0.139. The van der Waals surface area contributed by atoms with Gasteiger partial charge in [0.15, 0.2) is 0 Å². The van der Waals surface area contributed by atoms with Crippen LogP contribution in [0.2, 0.25) is 5.02 Å². The van der Waals surface area contributed by atoms with Crippen LogP contribution in [0.3, 0.4) is 0 Å². The van der Waals surface area contributed by atoms with E-state index in [2.05, 4.69) is 10.6 Å². The Morgan fingerprint density at radius 2 is 1.95 bits per heavy atom. The zero-order valence-corrected chi connectivity index (χ0v) is 11.0. The summed E-state index contributed by atoms with van der Waals surface area (Å²) in [5, 5.41) is 14.7. The molecular weight excluding hydrogens is 268 g/mol. The Labute approximate surface area is 116 Å². The van der Waals surface area contributed by atoms with Crippen molar-refractivity contribution >= 4 is 29.3 Å². The minimum absolute atomic E-state index is 0.428. The van der Waals surface area contributed by atoms with Gasteiger partial charge in [-0.25, -0.2) is 9.59 Å². The number of amides is 2. The number of hydrogen-bond donors (Lipinski definition) is 3. The fourth-order valence-corrected chi connectivity index (χ4v) is 1.89. The summed E-state index contributed by atoms with van der Waals surface area (Å²) in [6.45, 7) is 0. The van der Waals surface area contributed by atoms with Crippen molar-refractivity contribution in [3.8, 4) is 0 Å². The Hall–Kier alpha value is -1.75. The fourth-order valence-electron chi connectivity index (χ4n) is 1.77. The van der Waals surface area contributed by atoms with Gasteiger partial charge in [-0.05, 0) is 36.6 Å². The van der Waals surface area contributed by atoms with Gasteiger partial charge in [-0.1, -0.05) is 24.4 Å². The standard InChI is InChI=1S/C13H15ClN2O3/c14-9-3-5-10(6-4-9)15-13(19)16-11(12(17)18)7-8-1-2-8/h3-6,8,11H,1-2,7H2,(H,17,18)(H2,15,16,19). The van der Waals surface area contributed by atoms with Crippen LogP contribution in [-0.4, -0.2) is 23.1 Å². The van der Waals surface area contributed by atoms with Crippen molar-refractivity contribution in [1.82, 2.24) is 5.32 Å². The van der Waals surface area contributed by atoms with Gasteiger partial charge in [-0.3, -0.25) is 0 Å². The van der Waals surface area contributed by atoms with Crippen LogP contribution >= 0.6 is 11.6 Å². The number of carboxylic acid groups (broad SMARTS) is 1. The number of benzene rings is 1. The topological polar surface area (TPSA) is 78.4 Å². The Kier molecular flexibility index (Phi) is 4.27. The fraction of sp³-hybridized carbons (Fsp3) is 0.385. The van der Waals surface area contributed by atoms with E-state index in [1.54, 1.807) is 24.3 Å². The van der Waals surface area contributed by atoms with Gasteiger partial charge in [0.05, 0.1) is 0 Å². The van der Waals surface area contributed by atoms with Gasteiger partial charge in [-0.15, -0.1) is 0 Å². The number of anilines is 1. The van der Waals surface area contributed by atoms with E-state index in [1.807, 2.05) is 0 Å². The number of carbonyl (C=O) groups is 2. The van der Waals surface area contributed by atoms with Gasteiger partial charge in [0.25, 0.3) is 0 Å². The molecule has 0 saturated heterocycles. The van der Waals surface area contributed by atoms with Gasteiger partial charge < -0.3 is 15.7 Å². The molecule has 0 radical (unpaired) electrons. The Balaban J connectivity index is 1.87. The molecule has 6 heteroatoms. The lowest BCUT2D eigenvalue weighted by atomic mass is 10.1. The number of carboxylic acids is 1. The molecule has 1 aliphatic carbocycles. The molecule has 1 saturated carbocycles. The molecular formula is C13H15ClN2O3. The lowest BCUT2D eigenvalue weighted by Crippen LogP contribution is -2.43. The second kappa shape index (κ2) is 5.93. The highest BCUT2D eigenvalue weighted by Gasteiger charge is 2.30. The van der Waals surface area contributed by atoms with E-state index in [0.717, 1.165) is 12.8 Å². The van der Waals surface area contributed by atoms with Crippen molar-refractivity contribution in [1.29, 1.82) is 0 Å². The Morgan fingerprint density at radius 3 is 2.47 bits per heavy atom. The Bertz CT molecular complexity index is 471. The smallest absolute Gasteiger partial charge is 0.326 e. The first-order chi connectivity index (χ1) is 9.04. The molecule has 1 atom stereocenters. The van der Waals surface area contributed by atoms with Crippen molar-refractivity contribution in [2.24, 2.45) is 5.92 Å². The second-order valence-electron chi connectivity index (χ2n) is 4.68. The van der Waals surface area contributed by atoms with Crippen LogP contribution in [0.4, 0.5) is 10.5 Å². The number of aliphatic carboxylic acids is 1. The molecule has 0 aromatic heterocycles. The average Bonchev–Trinajstić information content (AvgIpc) is 3.15. The summed E-state index contributed by atoms with van der Waals surface area (Å²) in [7, 11) is 0. The number of hydrogen-bond acceptors (Lipinski definition) is 2. The maximum Gasteiger partial charge on any atom is 0.326 e. The molecule has 1 fully saturated rings. The molecule has 0 bridgehead atoms. The zero-order chi connectivity index (χ0) is 13.8. The molecule has 2 amide bonds. The minimum atomic E-state index is -1.00. The van der Waals surface area contributed by atoms with E-state index in [1.165, 1.54) is 0 Å². The van der Waals surface area contributed by atoms with E-state index in [-0.39, 0.29) is 0 Å². The molecule has 1 aromatic rings. The number of rotatable bonds is 5. The molecule has 0 aliphatic heterocycles. The second-order valence-corrected chi connectivity index (χ2v) is 5.11. The molecule has 0 heterocycles. The van der Waals surface area contributed by atoms with Crippen LogP contribution in [0.25, 0.3) is 0 Å². The van der Waals surface area contributed by atoms with Crippen molar-refractivity contribution in [2.75, 3.05) is 5.32 Å². The van der Waals surface area contributed by atoms with Crippen molar-refractivity contribution in [3.63, 3.8) is 0 Å². The molecule has 5 nitrogen and oxygen atoms in total. The normalized spacial score (nSPS) is 15.6. The largest absolute Gasteiger partial charge is 0.480 e. The highest BCUT2D eigenvalue weighted by molar-refractivity contribution is 6.30. The van der Waals surface area contributed by atoms with Gasteiger partial charge in [0, 0.05) is 10.7 Å². The van der Waals surface area contributed by atoms with E-state index in [0.29, 0.717) is 23.0 Å². The third-order valence-electron chi connectivity index (χ3n) is 2.97. The molecule has 19 heavy (non-hydrogen) atoms. The first kappa shape index (κ1) is 13.7. The van der Waals surface area contributed by atoms with Crippen molar-refractivity contribution in [3.05, 3.63) is 29.3 Å². The summed E-state index contributed by atoms with van der Waals surface area (Å²) in [6.07, 6.45) is 2.58. The van der Waals surface area contributed by atoms with E-state index >= 15 is 0 Å². The van der Waals surface area contributed by atoms with Crippen LogP contribution in [-0.2, 0) is 4.79 Å². The molecule has 1 aliphatic rings. The van der Waals surface area contributed by atoms with Gasteiger partial charge >= 0.3 is 12.0 Å². The number of urea groups is 1. The average molecular weight is 283 g/mol. The molecule has 2 rings (SSSR count). The number of halogens is 1. The maximum atomic E-state index is 11.7.